The molecule has 23 heavy (non-hydrogen) atoms. The molecular formula is C17H27N5O. The molecule has 2 heterocycles. The van der Waals surface area contributed by atoms with E-state index in [1.165, 1.54) is 19.3 Å². The summed E-state index contributed by atoms with van der Waals surface area (Å²) in [7, 11) is 0. The van der Waals surface area contributed by atoms with Crippen LogP contribution in [0.4, 0.5) is 5.82 Å². The van der Waals surface area contributed by atoms with Crippen molar-refractivity contribution in [2.75, 3.05) is 18.8 Å². The third-order valence-corrected chi connectivity index (χ3v) is 5.00. The Bertz CT molecular complexity index is 521. The van der Waals surface area contributed by atoms with Crippen molar-refractivity contribution in [2.24, 2.45) is 5.92 Å². The molecule has 1 aliphatic heterocycles. The van der Waals surface area contributed by atoms with E-state index in [0.29, 0.717) is 18.4 Å². The molecule has 0 bridgehead atoms. The molecule has 1 saturated heterocycles. The summed E-state index contributed by atoms with van der Waals surface area (Å²) in [6, 6.07) is 2.11. The highest BCUT2D eigenvalue weighted by atomic mass is 16.1. The summed E-state index contributed by atoms with van der Waals surface area (Å²) in [6.07, 6.45) is 9.66. The predicted molar refractivity (Wildman–Crippen MR) is 89.5 cm³/mol. The number of piperidine rings is 1. The summed E-state index contributed by atoms with van der Waals surface area (Å²) in [5.41, 5.74) is 5.69. The standard InChI is InChI=1S/C17H27N5O/c18-15-6-9-19-16(21-15)12-22-10-7-13(8-11-22)17(23)20-14-4-2-1-3-5-14/h6,9,13-14H,1-5,7-8,10-12H2,(H,20,23)(H2,18,19,21). The Morgan fingerprint density at radius 1 is 1.22 bits per heavy atom. The van der Waals surface area contributed by atoms with Gasteiger partial charge in [-0.2, -0.15) is 0 Å². The Kier molecular flexibility index (Phi) is 5.43. The number of hydrogen-bond donors (Lipinski definition) is 2. The molecule has 1 aromatic rings. The number of rotatable bonds is 4. The molecule has 0 radical (unpaired) electrons. The summed E-state index contributed by atoms with van der Waals surface area (Å²) >= 11 is 0. The number of aromatic nitrogens is 2. The van der Waals surface area contributed by atoms with Crippen molar-refractivity contribution in [2.45, 2.75) is 57.5 Å². The molecule has 6 nitrogen and oxygen atoms in total. The van der Waals surface area contributed by atoms with Crippen molar-refractivity contribution >= 4 is 11.7 Å². The number of amides is 1. The fraction of sp³-hybridized carbons (Fsp3) is 0.706. The number of nitrogen functional groups attached to an aromatic ring is 1. The SMILES string of the molecule is Nc1ccnc(CN2CCC(C(=O)NC3CCCCC3)CC2)n1. The molecule has 6 heteroatoms. The predicted octanol–water partition coefficient (Wildman–Crippen LogP) is 1.72. The summed E-state index contributed by atoms with van der Waals surface area (Å²) in [4.78, 5) is 23.2. The van der Waals surface area contributed by atoms with Gasteiger partial charge in [0, 0.05) is 18.2 Å². The second kappa shape index (κ2) is 7.73. The number of carbonyl (C=O) groups is 1. The van der Waals surface area contributed by atoms with Crippen molar-refractivity contribution in [3.63, 3.8) is 0 Å². The van der Waals surface area contributed by atoms with Crippen LogP contribution in [0.2, 0.25) is 0 Å². The van der Waals surface area contributed by atoms with Gasteiger partial charge in [-0.05, 0) is 44.8 Å². The number of anilines is 1. The van der Waals surface area contributed by atoms with E-state index in [2.05, 4.69) is 20.2 Å². The Hall–Kier alpha value is -1.69. The highest BCUT2D eigenvalue weighted by Crippen LogP contribution is 2.21. The van der Waals surface area contributed by atoms with Crippen LogP contribution in [0.15, 0.2) is 12.3 Å². The fourth-order valence-electron chi connectivity index (χ4n) is 3.61. The van der Waals surface area contributed by atoms with Gasteiger partial charge in [-0.3, -0.25) is 9.69 Å². The van der Waals surface area contributed by atoms with Crippen LogP contribution in [0, 0.1) is 5.92 Å². The first-order chi connectivity index (χ1) is 11.2. The lowest BCUT2D eigenvalue weighted by atomic mass is 9.92. The lowest BCUT2D eigenvalue weighted by Gasteiger charge is -2.32. The van der Waals surface area contributed by atoms with Gasteiger partial charge in [0.15, 0.2) is 0 Å². The zero-order chi connectivity index (χ0) is 16.1. The molecule has 0 spiro atoms. The van der Waals surface area contributed by atoms with E-state index in [-0.39, 0.29) is 11.8 Å². The highest BCUT2D eigenvalue weighted by molar-refractivity contribution is 5.79. The van der Waals surface area contributed by atoms with E-state index in [4.69, 9.17) is 5.73 Å². The number of nitrogens with one attached hydrogen (secondary N) is 1. The summed E-state index contributed by atoms with van der Waals surface area (Å²) in [6.45, 7) is 2.55. The molecule has 1 amide bonds. The van der Waals surface area contributed by atoms with Gasteiger partial charge in [0.1, 0.15) is 11.6 Å². The van der Waals surface area contributed by atoms with Gasteiger partial charge < -0.3 is 11.1 Å². The van der Waals surface area contributed by atoms with Crippen LogP contribution >= 0.6 is 0 Å². The van der Waals surface area contributed by atoms with E-state index < -0.39 is 0 Å². The van der Waals surface area contributed by atoms with Crippen LogP contribution in [-0.4, -0.2) is 39.9 Å². The molecule has 0 atom stereocenters. The van der Waals surface area contributed by atoms with E-state index in [1.54, 1.807) is 12.3 Å². The average Bonchev–Trinajstić information content (AvgIpc) is 2.56. The second-order valence-electron chi connectivity index (χ2n) is 6.79. The second-order valence-corrected chi connectivity index (χ2v) is 6.79. The molecule has 1 saturated carbocycles. The number of nitrogens with zero attached hydrogens (tertiary/aromatic N) is 3. The van der Waals surface area contributed by atoms with Crippen molar-refractivity contribution in [1.82, 2.24) is 20.2 Å². The first-order valence-corrected chi connectivity index (χ1v) is 8.81. The van der Waals surface area contributed by atoms with Gasteiger partial charge in [0.2, 0.25) is 5.91 Å². The average molecular weight is 317 g/mol. The minimum absolute atomic E-state index is 0.162. The Labute approximate surface area is 137 Å². The molecule has 1 aromatic heterocycles. The molecule has 0 unspecified atom stereocenters. The molecule has 0 aromatic carbocycles. The largest absolute Gasteiger partial charge is 0.384 e. The highest BCUT2D eigenvalue weighted by Gasteiger charge is 2.27. The summed E-state index contributed by atoms with van der Waals surface area (Å²) in [5, 5.41) is 3.26. The normalized spacial score (nSPS) is 21.2. The molecule has 2 aliphatic rings. The van der Waals surface area contributed by atoms with Gasteiger partial charge in [0.25, 0.3) is 0 Å². The quantitative estimate of drug-likeness (QED) is 0.883. The minimum atomic E-state index is 0.162. The zero-order valence-electron chi connectivity index (χ0n) is 13.7. The van der Waals surface area contributed by atoms with Crippen molar-refractivity contribution < 1.29 is 4.79 Å². The third kappa shape index (κ3) is 4.64. The number of nitrogens with two attached hydrogens (primary N) is 1. The smallest absolute Gasteiger partial charge is 0.223 e. The number of carbonyl (C=O) groups excluding carboxylic acids is 1. The third-order valence-electron chi connectivity index (χ3n) is 5.00. The Morgan fingerprint density at radius 2 is 1.96 bits per heavy atom. The van der Waals surface area contributed by atoms with Crippen molar-refractivity contribution in [3.05, 3.63) is 18.1 Å². The maximum Gasteiger partial charge on any atom is 0.223 e. The van der Waals surface area contributed by atoms with Crippen LogP contribution in [-0.2, 0) is 11.3 Å². The molecule has 1 aliphatic carbocycles. The van der Waals surface area contributed by atoms with Crippen molar-refractivity contribution in [3.8, 4) is 0 Å². The first kappa shape index (κ1) is 16.2. The van der Waals surface area contributed by atoms with Gasteiger partial charge in [-0.1, -0.05) is 19.3 Å². The minimum Gasteiger partial charge on any atom is -0.384 e. The van der Waals surface area contributed by atoms with Crippen LogP contribution in [0.5, 0.6) is 0 Å². The first-order valence-electron chi connectivity index (χ1n) is 8.81. The van der Waals surface area contributed by atoms with Crippen LogP contribution in [0.3, 0.4) is 0 Å². The Morgan fingerprint density at radius 3 is 2.65 bits per heavy atom. The fourth-order valence-corrected chi connectivity index (χ4v) is 3.61. The maximum atomic E-state index is 12.4. The molecular weight excluding hydrogens is 290 g/mol. The van der Waals surface area contributed by atoms with Gasteiger partial charge >= 0.3 is 0 Å². The monoisotopic (exact) mass is 317 g/mol. The number of likely N-dealkylation sites (tertiary alicyclic amines) is 1. The van der Waals surface area contributed by atoms with Crippen molar-refractivity contribution in [1.29, 1.82) is 0 Å². The molecule has 3 rings (SSSR count). The Balaban J connectivity index is 1.43. The number of hydrogen-bond acceptors (Lipinski definition) is 5. The van der Waals surface area contributed by atoms with E-state index in [1.807, 2.05) is 0 Å². The van der Waals surface area contributed by atoms with E-state index in [9.17, 15) is 4.79 Å². The van der Waals surface area contributed by atoms with Gasteiger partial charge in [-0.15, -0.1) is 0 Å². The zero-order valence-corrected chi connectivity index (χ0v) is 13.7. The molecule has 126 valence electrons. The van der Waals surface area contributed by atoms with E-state index >= 15 is 0 Å². The van der Waals surface area contributed by atoms with E-state index in [0.717, 1.165) is 44.6 Å². The lowest BCUT2D eigenvalue weighted by Crippen LogP contribution is -2.44. The van der Waals surface area contributed by atoms with Gasteiger partial charge in [0.05, 0.1) is 6.54 Å². The lowest BCUT2D eigenvalue weighted by molar-refractivity contribution is -0.127. The topological polar surface area (TPSA) is 84.1 Å². The van der Waals surface area contributed by atoms with Crippen LogP contribution < -0.4 is 11.1 Å². The molecule has 3 N–H and O–H groups in total. The maximum absolute atomic E-state index is 12.4. The molecule has 2 fully saturated rings. The van der Waals surface area contributed by atoms with Crippen LogP contribution in [0.25, 0.3) is 0 Å². The summed E-state index contributed by atoms with van der Waals surface area (Å²) in [5.74, 6) is 1.69. The van der Waals surface area contributed by atoms with Gasteiger partial charge in [-0.25, -0.2) is 9.97 Å². The van der Waals surface area contributed by atoms with Crippen LogP contribution in [0.1, 0.15) is 50.8 Å². The summed E-state index contributed by atoms with van der Waals surface area (Å²) < 4.78 is 0.